The Labute approximate surface area is 123 Å². The van der Waals surface area contributed by atoms with Crippen molar-refractivity contribution in [3.8, 4) is 11.5 Å². The molecule has 0 bridgehead atoms. The lowest BCUT2D eigenvalue weighted by molar-refractivity contribution is -0.116. The third-order valence-corrected chi connectivity index (χ3v) is 2.91. The zero-order chi connectivity index (χ0) is 15.2. The molecule has 2 aromatic carbocycles. The summed E-state index contributed by atoms with van der Waals surface area (Å²) in [6, 6.07) is 13.8. The largest absolute Gasteiger partial charge is 0.496 e. The van der Waals surface area contributed by atoms with Gasteiger partial charge in [0.25, 0.3) is 0 Å². The third kappa shape index (κ3) is 3.92. The van der Waals surface area contributed by atoms with Crippen molar-refractivity contribution in [1.29, 1.82) is 0 Å². The Morgan fingerprint density at radius 2 is 1.76 bits per heavy atom. The summed E-state index contributed by atoms with van der Waals surface area (Å²) >= 11 is 0. The summed E-state index contributed by atoms with van der Waals surface area (Å²) in [5.41, 5.74) is 1.06. The Kier molecular flexibility index (Phi) is 4.72. The van der Waals surface area contributed by atoms with Crippen LogP contribution < -0.4 is 9.47 Å². The summed E-state index contributed by atoms with van der Waals surface area (Å²) in [7, 11) is 1.53. The number of esters is 1. The molecule has 0 spiro atoms. The van der Waals surface area contributed by atoms with Crippen LogP contribution in [0.2, 0.25) is 0 Å². The SMILES string of the molecule is COc1ccc(C(=O)Oc2ccccc2)cc1CC(C)=O. The number of ketones is 1. The van der Waals surface area contributed by atoms with Gasteiger partial charge in [0, 0.05) is 12.0 Å². The molecule has 0 N–H and O–H groups in total. The Balaban J connectivity index is 2.23. The molecule has 4 heteroatoms. The highest BCUT2D eigenvalue weighted by atomic mass is 16.5. The van der Waals surface area contributed by atoms with E-state index in [2.05, 4.69) is 0 Å². The fourth-order valence-corrected chi connectivity index (χ4v) is 1.97. The smallest absolute Gasteiger partial charge is 0.343 e. The number of Topliss-reactive ketones (excluding diaryl/α,β-unsaturated/α-hetero) is 1. The van der Waals surface area contributed by atoms with Crippen molar-refractivity contribution in [2.45, 2.75) is 13.3 Å². The van der Waals surface area contributed by atoms with Crippen LogP contribution in [0.5, 0.6) is 11.5 Å². The van der Waals surface area contributed by atoms with Crippen molar-refractivity contribution in [1.82, 2.24) is 0 Å². The van der Waals surface area contributed by atoms with Crippen LogP contribution in [0, 0.1) is 0 Å². The average Bonchev–Trinajstić information content (AvgIpc) is 2.47. The number of hydrogen-bond donors (Lipinski definition) is 0. The molecule has 0 heterocycles. The van der Waals surface area contributed by atoms with Crippen LogP contribution in [0.15, 0.2) is 48.5 Å². The second-order valence-corrected chi connectivity index (χ2v) is 4.61. The van der Waals surface area contributed by atoms with Crippen molar-refractivity contribution in [2.24, 2.45) is 0 Å². The van der Waals surface area contributed by atoms with Gasteiger partial charge in [-0.25, -0.2) is 4.79 Å². The second-order valence-electron chi connectivity index (χ2n) is 4.61. The Morgan fingerprint density at radius 3 is 2.38 bits per heavy atom. The lowest BCUT2D eigenvalue weighted by Crippen LogP contribution is -2.10. The van der Waals surface area contributed by atoms with Gasteiger partial charge >= 0.3 is 5.97 Å². The molecular weight excluding hydrogens is 268 g/mol. The highest BCUT2D eigenvalue weighted by Gasteiger charge is 2.13. The average molecular weight is 284 g/mol. The molecule has 0 aliphatic carbocycles. The van der Waals surface area contributed by atoms with Crippen molar-refractivity contribution in [2.75, 3.05) is 7.11 Å². The van der Waals surface area contributed by atoms with Gasteiger partial charge in [0.05, 0.1) is 12.7 Å². The molecule has 21 heavy (non-hydrogen) atoms. The van der Waals surface area contributed by atoms with Crippen molar-refractivity contribution >= 4 is 11.8 Å². The van der Waals surface area contributed by atoms with E-state index in [1.807, 2.05) is 6.07 Å². The molecule has 0 saturated carbocycles. The number of hydrogen-bond acceptors (Lipinski definition) is 4. The van der Waals surface area contributed by atoms with E-state index < -0.39 is 5.97 Å². The Bertz CT molecular complexity index is 647. The molecule has 108 valence electrons. The maximum atomic E-state index is 12.1. The molecule has 2 aromatic rings. The van der Waals surface area contributed by atoms with Gasteiger partial charge in [-0.1, -0.05) is 18.2 Å². The number of ether oxygens (including phenoxy) is 2. The van der Waals surface area contributed by atoms with E-state index in [9.17, 15) is 9.59 Å². The van der Waals surface area contributed by atoms with Crippen LogP contribution in [-0.4, -0.2) is 18.9 Å². The first-order chi connectivity index (χ1) is 10.1. The van der Waals surface area contributed by atoms with Crippen molar-refractivity contribution in [3.63, 3.8) is 0 Å². The minimum atomic E-state index is -0.464. The predicted molar refractivity (Wildman–Crippen MR) is 78.8 cm³/mol. The van der Waals surface area contributed by atoms with Crippen LogP contribution in [0.25, 0.3) is 0 Å². The molecule has 0 fully saturated rings. The van der Waals surface area contributed by atoms with E-state index in [1.54, 1.807) is 42.5 Å². The van der Waals surface area contributed by atoms with E-state index >= 15 is 0 Å². The van der Waals surface area contributed by atoms with Gasteiger partial charge in [0.2, 0.25) is 0 Å². The van der Waals surface area contributed by atoms with Gasteiger partial charge in [0.1, 0.15) is 17.3 Å². The number of para-hydroxylation sites is 1. The van der Waals surface area contributed by atoms with Crippen molar-refractivity contribution < 1.29 is 19.1 Å². The monoisotopic (exact) mass is 284 g/mol. The zero-order valence-electron chi connectivity index (χ0n) is 12.0. The Morgan fingerprint density at radius 1 is 1.05 bits per heavy atom. The maximum absolute atomic E-state index is 12.1. The number of rotatable bonds is 5. The van der Waals surface area contributed by atoms with Crippen LogP contribution >= 0.6 is 0 Å². The molecule has 0 unspecified atom stereocenters. The van der Waals surface area contributed by atoms with Gasteiger partial charge in [-0.05, 0) is 37.3 Å². The number of methoxy groups -OCH3 is 1. The van der Waals surface area contributed by atoms with E-state index in [1.165, 1.54) is 14.0 Å². The maximum Gasteiger partial charge on any atom is 0.343 e. The molecule has 0 atom stereocenters. The summed E-state index contributed by atoms with van der Waals surface area (Å²) < 4.78 is 10.5. The van der Waals surface area contributed by atoms with Gasteiger partial charge < -0.3 is 9.47 Å². The quantitative estimate of drug-likeness (QED) is 0.625. The molecule has 2 rings (SSSR count). The van der Waals surface area contributed by atoms with Crippen LogP contribution in [0.1, 0.15) is 22.8 Å². The molecule has 4 nitrogen and oxygen atoms in total. The van der Waals surface area contributed by atoms with Gasteiger partial charge in [-0.2, -0.15) is 0 Å². The van der Waals surface area contributed by atoms with Crippen molar-refractivity contribution in [3.05, 3.63) is 59.7 Å². The molecular formula is C17H16O4. The topological polar surface area (TPSA) is 52.6 Å². The minimum Gasteiger partial charge on any atom is -0.496 e. The van der Waals surface area contributed by atoms with Crippen LogP contribution in [0.3, 0.4) is 0 Å². The third-order valence-electron chi connectivity index (χ3n) is 2.91. The highest BCUT2D eigenvalue weighted by molar-refractivity contribution is 5.92. The summed E-state index contributed by atoms with van der Waals surface area (Å²) in [6.45, 7) is 1.49. The lowest BCUT2D eigenvalue weighted by Gasteiger charge is -2.09. The van der Waals surface area contributed by atoms with Gasteiger partial charge in [-0.15, -0.1) is 0 Å². The Hall–Kier alpha value is -2.62. The fraction of sp³-hybridized carbons (Fsp3) is 0.176. The fourth-order valence-electron chi connectivity index (χ4n) is 1.97. The molecule has 0 aromatic heterocycles. The molecule has 0 radical (unpaired) electrons. The first kappa shape index (κ1) is 14.8. The number of carbonyl (C=O) groups excluding carboxylic acids is 2. The van der Waals surface area contributed by atoms with E-state index in [0.717, 1.165) is 0 Å². The number of carbonyl (C=O) groups is 2. The van der Waals surface area contributed by atoms with E-state index in [-0.39, 0.29) is 12.2 Å². The molecule has 0 aliphatic heterocycles. The van der Waals surface area contributed by atoms with Gasteiger partial charge in [0.15, 0.2) is 0 Å². The van der Waals surface area contributed by atoms with E-state index in [4.69, 9.17) is 9.47 Å². The summed E-state index contributed by atoms with van der Waals surface area (Å²) in [5, 5.41) is 0. The summed E-state index contributed by atoms with van der Waals surface area (Å²) in [4.78, 5) is 23.4. The predicted octanol–water partition coefficient (Wildman–Crippen LogP) is 3.05. The molecule has 0 amide bonds. The number of benzene rings is 2. The minimum absolute atomic E-state index is 0.00174. The molecule has 0 aliphatic rings. The van der Waals surface area contributed by atoms with E-state index in [0.29, 0.717) is 22.6 Å². The molecule has 0 saturated heterocycles. The highest BCUT2D eigenvalue weighted by Crippen LogP contribution is 2.22. The zero-order valence-corrected chi connectivity index (χ0v) is 12.0. The summed E-state index contributed by atoms with van der Waals surface area (Å²) in [6.07, 6.45) is 0.218. The van der Waals surface area contributed by atoms with Crippen LogP contribution in [0.4, 0.5) is 0 Å². The normalized spacial score (nSPS) is 10.0. The lowest BCUT2D eigenvalue weighted by atomic mass is 10.0. The first-order valence-corrected chi connectivity index (χ1v) is 6.53. The van der Waals surface area contributed by atoms with Gasteiger partial charge in [-0.3, -0.25) is 4.79 Å². The second kappa shape index (κ2) is 6.70. The summed E-state index contributed by atoms with van der Waals surface area (Å²) in [5.74, 6) is 0.600. The first-order valence-electron chi connectivity index (χ1n) is 6.53. The van der Waals surface area contributed by atoms with Crippen LogP contribution in [-0.2, 0) is 11.2 Å². The standard InChI is InChI=1S/C17H16O4/c1-12(18)10-14-11-13(8-9-16(14)20-2)17(19)21-15-6-4-3-5-7-15/h3-9,11H,10H2,1-2H3.